The number of carbonyl (C=O) groups is 2. The number of benzene rings is 2. The number of fused-ring (bicyclic) bond motifs is 2. The number of halogens is 2. The molecule has 2 aromatic carbocycles. The molecule has 0 saturated heterocycles. The Labute approximate surface area is 166 Å². The van der Waals surface area contributed by atoms with Crippen molar-refractivity contribution in [3.63, 3.8) is 0 Å². The summed E-state index contributed by atoms with van der Waals surface area (Å²) in [6.07, 6.45) is -0.786. The highest BCUT2D eigenvalue weighted by atomic mass is 19.1. The number of aromatic hydroxyl groups is 1. The Morgan fingerprint density at radius 2 is 1.80 bits per heavy atom. The van der Waals surface area contributed by atoms with Crippen LogP contribution in [0.15, 0.2) is 40.6 Å². The summed E-state index contributed by atoms with van der Waals surface area (Å²) < 4.78 is 33.9. The molecule has 0 bridgehead atoms. The molecule has 0 spiro atoms. The molecule has 0 radical (unpaired) electrons. The molecule has 0 amide bonds. The quantitative estimate of drug-likeness (QED) is 0.479. The maximum absolute atomic E-state index is 14.2. The number of hydrogen-bond acceptors (Lipinski definition) is 4. The number of phenolic OH excluding ortho intramolecular Hbond substituents is 1. The summed E-state index contributed by atoms with van der Waals surface area (Å²) in [6, 6.07) is 5.24. The molecule has 7 nitrogen and oxygen atoms in total. The fraction of sp³-hybridized carbons (Fsp3) is 0.0952. The molecule has 1 heterocycles. The molecule has 152 valence electrons. The molecule has 1 aromatic heterocycles. The summed E-state index contributed by atoms with van der Waals surface area (Å²) in [4.78, 5) is 23.1. The number of carboxylic acid groups (broad SMARTS) is 2. The van der Waals surface area contributed by atoms with Gasteiger partial charge in [-0.2, -0.15) is 0 Å². The minimum Gasteiger partial charge on any atom is -0.505 e. The number of rotatable bonds is 3. The predicted molar refractivity (Wildman–Crippen MR) is 100 cm³/mol. The first-order valence-electron chi connectivity index (χ1n) is 8.64. The van der Waals surface area contributed by atoms with Crippen molar-refractivity contribution in [2.45, 2.75) is 12.5 Å². The molecular formula is C21H13F2O7+. The minimum absolute atomic E-state index is 0.00456. The number of carboxylic acids is 2. The lowest BCUT2D eigenvalue weighted by Crippen LogP contribution is -2.17. The van der Waals surface area contributed by atoms with Crippen molar-refractivity contribution in [2.75, 3.05) is 0 Å². The molecule has 0 saturated carbocycles. The SMILES string of the molecule is O=C(O)c1ccc(-c2c3c([o+]c4cc(O)c(F)cc24)C[C@H](O)C(F)=C3)c(C(=O)O)c1. The molecule has 4 N–H and O–H groups in total. The number of phenols is 1. The molecule has 4 rings (SSSR count). The number of aliphatic hydroxyl groups excluding tert-OH is 1. The van der Waals surface area contributed by atoms with Crippen LogP contribution in [0, 0.1) is 5.82 Å². The van der Waals surface area contributed by atoms with Crippen LogP contribution in [-0.2, 0) is 6.42 Å². The lowest BCUT2D eigenvalue weighted by Gasteiger charge is -2.16. The second-order valence-electron chi connectivity index (χ2n) is 6.73. The van der Waals surface area contributed by atoms with Crippen molar-refractivity contribution in [1.82, 2.24) is 0 Å². The zero-order valence-corrected chi connectivity index (χ0v) is 15.0. The molecule has 1 atom stereocenters. The van der Waals surface area contributed by atoms with Crippen LogP contribution in [0.4, 0.5) is 8.78 Å². The van der Waals surface area contributed by atoms with Gasteiger partial charge in [-0.05, 0) is 29.8 Å². The molecule has 30 heavy (non-hydrogen) atoms. The third-order valence-corrected chi connectivity index (χ3v) is 4.87. The van der Waals surface area contributed by atoms with E-state index < -0.39 is 41.0 Å². The first kappa shape index (κ1) is 19.5. The lowest BCUT2D eigenvalue weighted by atomic mass is 9.87. The Hall–Kier alpha value is -3.85. The summed E-state index contributed by atoms with van der Waals surface area (Å²) in [6.45, 7) is 0. The first-order valence-corrected chi connectivity index (χ1v) is 8.64. The summed E-state index contributed by atoms with van der Waals surface area (Å²) in [7, 11) is 0. The van der Waals surface area contributed by atoms with E-state index >= 15 is 0 Å². The van der Waals surface area contributed by atoms with Crippen molar-refractivity contribution < 1.29 is 43.2 Å². The van der Waals surface area contributed by atoms with Gasteiger partial charge in [0.05, 0.1) is 34.6 Å². The molecule has 1 aliphatic rings. The number of hydrogen-bond donors (Lipinski definition) is 4. The van der Waals surface area contributed by atoms with E-state index in [1.54, 1.807) is 0 Å². The van der Waals surface area contributed by atoms with Crippen LogP contribution >= 0.6 is 0 Å². The lowest BCUT2D eigenvalue weighted by molar-refractivity contribution is 0.0696. The third-order valence-electron chi connectivity index (χ3n) is 4.87. The van der Waals surface area contributed by atoms with Gasteiger partial charge in [0.25, 0.3) is 0 Å². The highest BCUT2D eigenvalue weighted by Crippen LogP contribution is 2.42. The normalized spacial score (nSPS) is 15.6. The summed E-state index contributed by atoms with van der Waals surface area (Å²) in [5.74, 6) is -5.32. The minimum atomic E-state index is -1.48. The van der Waals surface area contributed by atoms with E-state index in [0.29, 0.717) is 0 Å². The van der Waals surface area contributed by atoms with E-state index in [1.165, 1.54) is 12.1 Å². The van der Waals surface area contributed by atoms with Gasteiger partial charge in [0.15, 0.2) is 11.6 Å². The smallest absolute Gasteiger partial charge is 0.364 e. The third kappa shape index (κ3) is 3.05. The van der Waals surface area contributed by atoms with Gasteiger partial charge in [-0.25, -0.2) is 22.8 Å². The van der Waals surface area contributed by atoms with Gasteiger partial charge in [0, 0.05) is 5.56 Å². The highest BCUT2D eigenvalue weighted by molar-refractivity contribution is 6.06. The van der Waals surface area contributed by atoms with E-state index in [4.69, 9.17) is 4.42 Å². The average molecular weight is 415 g/mol. The molecule has 1 aliphatic carbocycles. The molecule has 0 aliphatic heterocycles. The van der Waals surface area contributed by atoms with Crippen LogP contribution in [0.1, 0.15) is 32.0 Å². The van der Waals surface area contributed by atoms with Gasteiger partial charge in [-0.15, -0.1) is 0 Å². The first-order chi connectivity index (χ1) is 14.2. The maximum atomic E-state index is 14.2. The van der Waals surface area contributed by atoms with E-state index in [0.717, 1.165) is 24.3 Å². The van der Waals surface area contributed by atoms with Crippen molar-refractivity contribution in [1.29, 1.82) is 0 Å². The number of aromatic carboxylic acids is 2. The molecular weight excluding hydrogens is 402 g/mol. The Morgan fingerprint density at radius 1 is 1.07 bits per heavy atom. The van der Waals surface area contributed by atoms with Crippen LogP contribution in [0.5, 0.6) is 5.75 Å². The van der Waals surface area contributed by atoms with E-state index in [2.05, 4.69) is 0 Å². The summed E-state index contributed by atoms with van der Waals surface area (Å²) in [5, 5.41) is 38.4. The van der Waals surface area contributed by atoms with Crippen molar-refractivity contribution in [3.8, 4) is 16.9 Å². The average Bonchev–Trinajstić information content (AvgIpc) is 2.68. The molecule has 9 heteroatoms. The van der Waals surface area contributed by atoms with Crippen molar-refractivity contribution in [2.24, 2.45) is 0 Å². The van der Waals surface area contributed by atoms with Crippen LogP contribution in [-0.4, -0.2) is 38.5 Å². The summed E-state index contributed by atoms with van der Waals surface area (Å²) in [5.41, 5.74) is -0.560. The summed E-state index contributed by atoms with van der Waals surface area (Å²) >= 11 is 0. The highest BCUT2D eigenvalue weighted by Gasteiger charge is 2.34. The molecule has 0 unspecified atom stereocenters. The van der Waals surface area contributed by atoms with E-state index in [1.807, 2.05) is 0 Å². The largest absolute Gasteiger partial charge is 0.505 e. The van der Waals surface area contributed by atoms with Crippen molar-refractivity contribution in [3.05, 3.63) is 64.4 Å². The Balaban J connectivity index is 2.16. The van der Waals surface area contributed by atoms with E-state index in [-0.39, 0.29) is 45.4 Å². The zero-order chi connectivity index (χ0) is 21.7. The fourth-order valence-corrected chi connectivity index (χ4v) is 3.47. The number of aliphatic hydroxyl groups is 1. The second-order valence-corrected chi connectivity index (χ2v) is 6.73. The van der Waals surface area contributed by atoms with Gasteiger partial charge in [-0.3, -0.25) is 0 Å². The van der Waals surface area contributed by atoms with Crippen LogP contribution in [0.25, 0.3) is 28.2 Å². The Bertz CT molecular complexity index is 1280. The fourth-order valence-electron chi connectivity index (χ4n) is 3.47. The predicted octanol–water partition coefficient (Wildman–Crippen LogP) is 3.85. The maximum Gasteiger partial charge on any atom is 0.364 e. The molecule has 3 aromatic rings. The zero-order valence-electron chi connectivity index (χ0n) is 15.0. The van der Waals surface area contributed by atoms with Crippen LogP contribution < -0.4 is 0 Å². The van der Waals surface area contributed by atoms with Gasteiger partial charge < -0.3 is 20.4 Å². The second kappa shape index (κ2) is 6.89. The Morgan fingerprint density at radius 3 is 2.47 bits per heavy atom. The topological polar surface area (TPSA) is 126 Å². The van der Waals surface area contributed by atoms with Crippen molar-refractivity contribution >= 4 is 29.0 Å². The standard InChI is InChI=1S/C21H12F2O7/c22-13-4-11-17(6-15(13)24)30-18-7-16(25)14(23)5-12(18)19(11)9-2-1-8(20(26)27)3-10(9)21(28)29/h1-6,16,25H,7H2,(H2-,24,26,27,28,29)/p+1/t16-/m0/s1. The monoisotopic (exact) mass is 415 g/mol. The van der Waals surface area contributed by atoms with Gasteiger partial charge >= 0.3 is 23.3 Å². The van der Waals surface area contributed by atoms with Gasteiger partial charge in [-0.1, -0.05) is 6.07 Å². The Kier molecular flexibility index (Phi) is 4.47. The van der Waals surface area contributed by atoms with E-state index in [9.17, 15) is 38.8 Å². The van der Waals surface area contributed by atoms with Crippen LogP contribution in [0.2, 0.25) is 0 Å². The van der Waals surface area contributed by atoms with Gasteiger partial charge in [0.2, 0.25) is 0 Å². The van der Waals surface area contributed by atoms with Gasteiger partial charge in [0.1, 0.15) is 11.9 Å². The van der Waals surface area contributed by atoms with Crippen LogP contribution in [0.3, 0.4) is 0 Å². The molecule has 0 fully saturated rings.